The summed E-state index contributed by atoms with van der Waals surface area (Å²) >= 11 is 1.33. The van der Waals surface area contributed by atoms with Crippen LogP contribution in [0.15, 0.2) is 30.3 Å². The maximum Gasteiger partial charge on any atom is 0.269 e. The molecule has 3 rings (SSSR count). The molecular formula is C18H20N4OS. The van der Waals surface area contributed by atoms with Crippen LogP contribution in [-0.2, 0) is 6.42 Å². The third-order valence-electron chi connectivity index (χ3n) is 3.77. The summed E-state index contributed by atoms with van der Waals surface area (Å²) in [6.45, 7) is 4.04. The number of aryl methyl sites for hydroxylation is 2. The van der Waals surface area contributed by atoms with Gasteiger partial charge in [0, 0.05) is 16.8 Å². The number of nitrogen functional groups attached to an aromatic ring is 1. The Hall–Kier alpha value is -2.47. The quantitative estimate of drug-likeness (QED) is 0.730. The van der Waals surface area contributed by atoms with Crippen LogP contribution in [0.4, 0.5) is 11.5 Å². The fourth-order valence-corrected chi connectivity index (χ4v) is 3.49. The number of aromatic nitrogens is 2. The lowest BCUT2D eigenvalue weighted by molar-refractivity contribution is 0.103. The van der Waals surface area contributed by atoms with Crippen molar-refractivity contribution in [3.63, 3.8) is 0 Å². The average molecular weight is 340 g/mol. The van der Waals surface area contributed by atoms with Crippen LogP contribution >= 0.6 is 11.3 Å². The Morgan fingerprint density at radius 1 is 1.25 bits per heavy atom. The van der Waals surface area contributed by atoms with Crippen LogP contribution in [0.1, 0.15) is 40.8 Å². The van der Waals surface area contributed by atoms with Gasteiger partial charge in [0.1, 0.15) is 15.5 Å². The van der Waals surface area contributed by atoms with Crippen molar-refractivity contribution in [3.05, 3.63) is 46.6 Å². The molecule has 0 saturated carbocycles. The van der Waals surface area contributed by atoms with E-state index in [-0.39, 0.29) is 5.91 Å². The summed E-state index contributed by atoms with van der Waals surface area (Å²) in [6, 6.07) is 9.44. The standard InChI is InChI=1S/C18H20N4OS/c1-3-4-7-12-9-10-13-15(19)16(24-18(13)21-12)17(23)22-14-8-5-6-11(2)20-14/h5-6,8-10H,3-4,7,19H2,1-2H3,(H,20,22,23). The number of carbonyl (C=O) groups excluding carboxylic acids is 1. The van der Waals surface area contributed by atoms with Gasteiger partial charge in [-0.2, -0.15) is 0 Å². The monoisotopic (exact) mass is 340 g/mol. The van der Waals surface area contributed by atoms with Crippen LogP contribution in [0.3, 0.4) is 0 Å². The number of rotatable bonds is 5. The number of fused-ring (bicyclic) bond motifs is 1. The van der Waals surface area contributed by atoms with Gasteiger partial charge in [-0.05, 0) is 44.0 Å². The van der Waals surface area contributed by atoms with Crippen molar-refractivity contribution < 1.29 is 4.79 Å². The highest BCUT2D eigenvalue weighted by atomic mass is 32.1. The van der Waals surface area contributed by atoms with Crippen LogP contribution in [0.2, 0.25) is 0 Å². The minimum Gasteiger partial charge on any atom is -0.397 e. The van der Waals surface area contributed by atoms with E-state index in [9.17, 15) is 4.79 Å². The second-order valence-electron chi connectivity index (χ2n) is 5.72. The molecule has 0 radical (unpaired) electrons. The third-order valence-corrected chi connectivity index (χ3v) is 4.89. The van der Waals surface area contributed by atoms with Crippen molar-refractivity contribution in [1.82, 2.24) is 9.97 Å². The molecule has 0 spiro atoms. The smallest absolute Gasteiger partial charge is 0.269 e. The molecule has 0 aliphatic carbocycles. The van der Waals surface area contributed by atoms with Gasteiger partial charge < -0.3 is 11.1 Å². The van der Waals surface area contributed by atoms with E-state index in [4.69, 9.17) is 5.73 Å². The fourth-order valence-electron chi connectivity index (χ4n) is 2.49. The molecule has 3 N–H and O–H groups in total. The zero-order valence-electron chi connectivity index (χ0n) is 13.8. The first-order valence-electron chi connectivity index (χ1n) is 8.01. The van der Waals surface area contributed by atoms with E-state index >= 15 is 0 Å². The maximum atomic E-state index is 12.5. The average Bonchev–Trinajstić information content (AvgIpc) is 2.89. The van der Waals surface area contributed by atoms with Gasteiger partial charge in [0.15, 0.2) is 0 Å². The SMILES string of the molecule is CCCCc1ccc2c(N)c(C(=O)Nc3cccc(C)n3)sc2n1. The zero-order chi connectivity index (χ0) is 17.1. The molecule has 0 aliphatic heterocycles. The summed E-state index contributed by atoms with van der Waals surface area (Å²) in [5, 5.41) is 3.64. The van der Waals surface area contributed by atoms with Crippen molar-refractivity contribution in [2.75, 3.05) is 11.1 Å². The largest absolute Gasteiger partial charge is 0.397 e. The molecule has 3 heterocycles. The van der Waals surface area contributed by atoms with E-state index in [0.717, 1.165) is 40.9 Å². The Bertz CT molecular complexity index is 888. The van der Waals surface area contributed by atoms with Crippen LogP contribution in [0.25, 0.3) is 10.2 Å². The predicted molar refractivity (Wildman–Crippen MR) is 99.6 cm³/mol. The summed E-state index contributed by atoms with van der Waals surface area (Å²) in [5.41, 5.74) is 8.53. The van der Waals surface area contributed by atoms with Gasteiger partial charge in [0.05, 0.1) is 5.69 Å². The van der Waals surface area contributed by atoms with Crippen molar-refractivity contribution in [1.29, 1.82) is 0 Å². The first-order valence-corrected chi connectivity index (χ1v) is 8.83. The number of unbranched alkanes of at least 4 members (excludes halogenated alkanes) is 1. The second kappa shape index (κ2) is 6.97. The molecule has 0 aromatic carbocycles. The van der Waals surface area contributed by atoms with Crippen molar-refractivity contribution in [2.24, 2.45) is 0 Å². The molecule has 6 heteroatoms. The lowest BCUT2D eigenvalue weighted by Crippen LogP contribution is -2.13. The molecule has 0 saturated heterocycles. The number of hydrogen-bond acceptors (Lipinski definition) is 5. The second-order valence-corrected chi connectivity index (χ2v) is 6.72. The molecule has 3 aromatic heterocycles. The predicted octanol–water partition coefficient (Wildman–Crippen LogP) is 4.18. The molecule has 0 fully saturated rings. The lowest BCUT2D eigenvalue weighted by Gasteiger charge is -2.04. The van der Waals surface area contributed by atoms with E-state index < -0.39 is 0 Å². The Morgan fingerprint density at radius 3 is 2.83 bits per heavy atom. The Kier molecular flexibility index (Phi) is 4.76. The van der Waals surface area contributed by atoms with E-state index in [0.29, 0.717) is 16.4 Å². The minimum atomic E-state index is -0.247. The van der Waals surface area contributed by atoms with Crippen molar-refractivity contribution in [2.45, 2.75) is 33.1 Å². The van der Waals surface area contributed by atoms with E-state index in [2.05, 4.69) is 22.2 Å². The number of amides is 1. The Morgan fingerprint density at radius 2 is 2.08 bits per heavy atom. The van der Waals surface area contributed by atoms with E-state index in [1.165, 1.54) is 11.3 Å². The number of pyridine rings is 2. The highest BCUT2D eigenvalue weighted by Crippen LogP contribution is 2.33. The number of nitrogens with one attached hydrogen (secondary N) is 1. The number of nitrogens with zero attached hydrogens (tertiary/aromatic N) is 2. The first-order chi connectivity index (χ1) is 11.6. The first kappa shape index (κ1) is 16.4. The van der Waals surface area contributed by atoms with Gasteiger partial charge in [0.2, 0.25) is 0 Å². The normalized spacial score (nSPS) is 10.9. The fraction of sp³-hybridized carbons (Fsp3) is 0.278. The van der Waals surface area contributed by atoms with Gasteiger partial charge >= 0.3 is 0 Å². The Labute approximate surface area is 144 Å². The minimum absolute atomic E-state index is 0.247. The summed E-state index contributed by atoms with van der Waals surface area (Å²) in [4.78, 5) is 22.7. The molecule has 0 bridgehead atoms. The van der Waals surface area contributed by atoms with Gasteiger partial charge in [-0.3, -0.25) is 4.79 Å². The van der Waals surface area contributed by atoms with Crippen LogP contribution in [0.5, 0.6) is 0 Å². The van der Waals surface area contributed by atoms with E-state index in [1.54, 1.807) is 6.07 Å². The zero-order valence-corrected chi connectivity index (χ0v) is 14.6. The summed E-state index contributed by atoms with van der Waals surface area (Å²) in [5.74, 6) is 0.275. The molecule has 124 valence electrons. The number of anilines is 2. The van der Waals surface area contributed by atoms with Gasteiger partial charge in [-0.1, -0.05) is 19.4 Å². The van der Waals surface area contributed by atoms with Gasteiger partial charge in [-0.25, -0.2) is 9.97 Å². The highest BCUT2D eigenvalue weighted by molar-refractivity contribution is 7.21. The molecule has 0 aliphatic rings. The summed E-state index contributed by atoms with van der Waals surface area (Å²) in [7, 11) is 0. The number of thiophene rings is 1. The van der Waals surface area contributed by atoms with Crippen LogP contribution in [0, 0.1) is 6.92 Å². The number of carbonyl (C=O) groups is 1. The summed E-state index contributed by atoms with van der Waals surface area (Å²) < 4.78 is 0. The Balaban J connectivity index is 1.88. The molecule has 5 nitrogen and oxygen atoms in total. The van der Waals surface area contributed by atoms with Gasteiger partial charge in [-0.15, -0.1) is 11.3 Å². The topological polar surface area (TPSA) is 80.9 Å². The van der Waals surface area contributed by atoms with Gasteiger partial charge in [0.25, 0.3) is 5.91 Å². The molecule has 0 atom stereocenters. The third kappa shape index (κ3) is 3.38. The molecule has 0 unspecified atom stereocenters. The van der Waals surface area contributed by atoms with Crippen LogP contribution < -0.4 is 11.1 Å². The van der Waals surface area contributed by atoms with Crippen molar-refractivity contribution >= 4 is 39.0 Å². The summed E-state index contributed by atoms with van der Waals surface area (Å²) in [6.07, 6.45) is 3.17. The highest BCUT2D eigenvalue weighted by Gasteiger charge is 2.18. The molecular weight excluding hydrogens is 320 g/mol. The van der Waals surface area contributed by atoms with E-state index in [1.807, 2.05) is 31.2 Å². The van der Waals surface area contributed by atoms with Crippen molar-refractivity contribution in [3.8, 4) is 0 Å². The maximum absolute atomic E-state index is 12.5. The lowest BCUT2D eigenvalue weighted by atomic mass is 10.1. The molecule has 1 amide bonds. The number of nitrogens with two attached hydrogens (primary N) is 1. The van der Waals surface area contributed by atoms with Crippen LogP contribution in [-0.4, -0.2) is 15.9 Å². The molecule has 3 aromatic rings. The molecule has 24 heavy (non-hydrogen) atoms. The number of hydrogen-bond donors (Lipinski definition) is 2.